The zero-order valence-corrected chi connectivity index (χ0v) is 9.86. The van der Waals surface area contributed by atoms with Gasteiger partial charge in [0, 0.05) is 20.2 Å². The van der Waals surface area contributed by atoms with E-state index in [1.54, 1.807) is 0 Å². The highest BCUT2D eigenvalue weighted by atomic mass is 32.2. The van der Waals surface area contributed by atoms with E-state index in [0.29, 0.717) is 0 Å². The van der Waals surface area contributed by atoms with E-state index in [0.717, 1.165) is 10.6 Å². The van der Waals surface area contributed by atoms with Crippen LogP contribution in [0.2, 0.25) is 0 Å². The first-order chi connectivity index (χ1) is 6.71. The van der Waals surface area contributed by atoms with Crippen molar-refractivity contribution in [1.29, 1.82) is 0 Å². The summed E-state index contributed by atoms with van der Waals surface area (Å²) in [5.41, 5.74) is -1.53. The van der Waals surface area contributed by atoms with Gasteiger partial charge in [-0.05, 0) is 6.92 Å². The van der Waals surface area contributed by atoms with Crippen molar-refractivity contribution in [2.45, 2.75) is 24.7 Å². The van der Waals surface area contributed by atoms with E-state index in [1.807, 2.05) is 0 Å². The number of hydrogen-bond acceptors (Lipinski definition) is 5. The van der Waals surface area contributed by atoms with E-state index in [4.69, 9.17) is 4.74 Å². The van der Waals surface area contributed by atoms with E-state index >= 15 is 0 Å². The molecule has 2 N–H and O–H groups in total. The van der Waals surface area contributed by atoms with Gasteiger partial charge in [0.1, 0.15) is 11.7 Å². The molecule has 1 aliphatic rings. The normalized spacial score (nSPS) is 35.7. The SMILES string of the molecule is CO[C@H]1CN(S(C)(=O)=O)C[C@@]1(O)[C@@H](C)O. The number of aliphatic hydroxyl groups excluding tert-OH is 1. The van der Waals surface area contributed by atoms with Crippen LogP contribution in [0.15, 0.2) is 0 Å². The molecule has 0 aromatic rings. The molecule has 90 valence electrons. The molecule has 0 aromatic carbocycles. The summed E-state index contributed by atoms with van der Waals surface area (Å²) in [6, 6.07) is 0. The van der Waals surface area contributed by atoms with Crippen molar-refractivity contribution in [1.82, 2.24) is 4.31 Å². The molecule has 1 heterocycles. The number of aliphatic hydroxyl groups is 2. The monoisotopic (exact) mass is 239 g/mol. The van der Waals surface area contributed by atoms with Crippen LogP contribution in [0.4, 0.5) is 0 Å². The zero-order valence-electron chi connectivity index (χ0n) is 9.04. The molecule has 0 aliphatic carbocycles. The third-order valence-corrected chi connectivity index (χ3v) is 4.05. The standard InChI is InChI=1S/C8H17NO5S/c1-6(10)8(11)5-9(15(3,12)13)4-7(8)14-2/h6-7,10-11H,4-5H2,1-3H3/t6-,7+,8-/m1/s1. The summed E-state index contributed by atoms with van der Waals surface area (Å²) < 4.78 is 28.7. The molecule has 1 fully saturated rings. The Morgan fingerprint density at radius 1 is 1.60 bits per heavy atom. The molecule has 1 rings (SSSR count). The van der Waals surface area contributed by atoms with Gasteiger partial charge in [-0.15, -0.1) is 0 Å². The van der Waals surface area contributed by atoms with Crippen LogP contribution in [0.25, 0.3) is 0 Å². The lowest BCUT2D eigenvalue weighted by Crippen LogP contribution is -2.51. The minimum Gasteiger partial charge on any atom is -0.390 e. The lowest BCUT2D eigenvalue weighted by atomic mass is 9.94. The third kappa shape index (κ3) is 2.31. The topological polar surface area (TPSA) is 87.1 Å². The maximum absolute atomic E-state index is 11.3. The highest BCUT2D eigenvalue weighted by Gasteiger charge is 2.51. The van der Waals surface area contributed by atoms with Crippen molar-refractivity contribution >= 4 is 10.0 Å². The largest absolute Gasteiger partial charge is 0.390 e. The second-order valence-corrected chi connectivity index (χ2v) is 5.93. The van der Waals surface area contributed by atoms with Crippen LogP contribution in [0.1, 0.15) is 6.92 Å². The fraction of sp³-hybridized carbons (Fsp3) is 1.00. The summed E-state index contributed by atoms with van der Waals surface area (Å²) in [5.74, 6) is 0. The van der Waals surface area contributed by atoms with Gasteiger partial charge in [0.05, 0.1) is 12.4 Å². The van der Waals surface area contributed by atoms with Crippen LogP contribution in [0, 0.1) is 0 Å². The van der Waals surface area contributed by atoms with Crippen LogP contribution in [0.5, 0.6) is 0 Å². The fourth-order valence-electron chi connectivity index (χ4n) is 1.72. The van der Waals surface area contributed by atoms with Crippen molar-refractivity contribution < 1.29 is 23.4 Å². The van der Waals surface area contributed by atoms with Gasteiger partial charge < -0.3 is 14.9 Å². The van der Waals surface area contributed by atoms with Gasteiger partial charge in [0.2, 0.25) is 10.0 Å². The van der Waals surface area contributed by atoms with Gasteiger partial charge in [-0.25, -0.2) is 8.42 Å². The number of methoxy groups -OCH3 is 1. The Labute approximate surface area is 89.5 Å². The maximum atomic E-state index is 11.3. The summed E-state index contributed by atoms with van der Waals surface area (Å²) in [5, 5.41) is 19.5. The van der Waals surface area contributed by atoms with Crippen molar-refractivity contribution in [2.24, 2.45) is 0 Å². The predicted octanol–water partition coefficient (Wildman–Crippen LogP) is -1.61. The van der Waals surface area contributed by atoms with Crippen LogP contribution >= 0.6 is 0 Å². The van der Waals surface area contributed by atoms with Crippen LogP contribution in [-0.4, -0.2) is 67.2 Å². The van der Waals surface area contributed by atoms with E-state index in [1.165, 1.54) is 14.0 Å². The molecule has 15 heavy (non-hydrogen) atoms. The smallest absolute Gasteiger partial charge is 0.211 e. The minimum atomic E-state index is -3.37. The van der Waals surface area contributed by atoms with Gasteiger partial charge in [-0.3, -0.25) is 0 Å². The first-order valence-corrected chi connectivity index (χ1v) is 6.45. The molecule has 3 atom stereocenters. The second-order valence-electron chi connectivity index (χ2n) is 3.95. The summed E-state index contributed by atoms with van der Waals surface area (Å²) >= 11 is 0. The van der Waals surface area contributed by atoms with E-state index in [9.17, 15) is 18.6 Å². The molecule has 0 radical (unpaired) electrons. The Hall–Kier alpha value is -0.210. The van der Waals surface area contributed by atoms with Crippen LogP contribution < -0.4 is 0 Å². The lowest BCUT2D eigenvalue weighted by molar-refractivity contribution is -0.124. The number of sulfonamides is 1. The van der Waals surface area contributed by atoms with Crippen molar-refractivity contribution in [2.75, 3.05) is 26.5 Å². The zero-order chi connectivity index (χ0) is 11.9. The Balaban J connectivity index is 2.94. The molecule has 1 saturated heterocycles. The van der Waals surface area contributed by atoms with Crippen LogP contribution in [0.3, 0.4) is 0 Å². The lowest BCUT2D eigenvalue weighted by Gasteiger charge is -2.30. The molecular weight excluding hydrogens is 222 g/mol. The molecule has 0 spiro atoms. The fourth-order valence-corrected chi connectivity index (χ4v) is 2.57. The van der Waals surface area contributed by atoms with Crippen LogP contribution in [-0.2, 0) is 14.8 Å². The molecule has 6 nitrogen and oxygen atoms in total. The van der Waals surface area contributed by atoms with Gasteiger partial charge in [-0.2, -0.15) is 4.31 Å². The number of β-amino-alcohol motifs (C(OH)–C–C–N with tert-alkyl or cyclic N) is 1. The summed E-state index contributed by atoms with van der Waals surface area (Å²) in [4.78, 5) is 0. The summed E-state index contributed by atoms with van der Waals surface area (Å²) in [7, 11) is -1.99. The highest BCUT2D eigenvalue weighted by molar-refractivity contribution is 7.88. The predicted molar refractivity (Wildman–Crippen MR) is 53.8 cm³/mol. The van der Waals surface area contributed by atoms with Crippen molar-refractivity contribution in [3.63, 3.8) is 0 Å². The Morgan fingerprint density at radius 2 is 2.13 bits per heavy atom. The number of nitrogens with zero attached hydrogens (tertiary/aromatic N) is 1. The first kappa shape index (κ1) is 12.9. The van der Waals surface area contributed by atoms with E-state index < -0.39 is 27.8 Å². The van der Waals surface area contributed by atoms with Gasteiger partial charge in [0.15, 0.2) is 0 Å². The van der Waals surface area contributed by atoms with Crippen molar-refractivity contribution in [3.05, 3.63) is 0 Å². The average Bonchev–Trinajstić information content (AvgIpc) is 2.43. The molecule has 0 saturated carbocycles. The molecule has 1 aliphatic heterocycles. The molecule has 0 bridgehead atoms. The van der Waals surface area contributed by atoms with Gasteiger partial charge in [-0.1, -0.05) is 0 Å². The Bertz CT molecular complexity index is 328. The Morgan fingerprint density at radius 3 is 2.40 bits per heavy atom. The quantitative estimate of drug-likeness (QED) is 0.618. The van der Waals surface area contributed by atoms with Gasteiger partial charge >= 0.3 is 0 Å². The second kappa shape index (κ2) is 3.99. The maximum Gasteiger partial charge on any atom is 0.211 e. The molecule has 7 heteroatoms. The number of ether oxygens (including phenoxy) is 1. The number of hydrogen-bond donors (Lipinski definition) is 2. The highest BCUT2D eigenvalue weighted by Crippen LogP contribution is 2.28. The van der Waals surface area contributed by atoms with E-state index in [-0.39, 0.29) is 13.1 Å². The Kier molecular flexibility index (Phi) is 3.42. The molecular formula is C8H17NO5S. The number of rotatable bonds is 3. The average molecular weight is 239 g/mol. The van der Waals surface area contributed by atoms with E-state index in [2.05, 4.69) is 0 Å². The first-order valence-electron chi connectivity index (χ1n) is 4.60. The molecule has 0 aromatic heterocycles. The molecule has 0 amide bonds. The van der Waals surface area contributed by atoms with Crippen molar-refractivity contribution in [3.8, 4) is 0 Å². The molecule has 0 unspecified atom stereocenters. The van der Waals surface area contributed by atoms with Gasteiger partial charge in [0.25, 0.3) is 0 Å². The summed E-state index contributed by atoms with van der Waals surface area (Å²) in [6.07, 6.45) is -0.686. The minimum absolute atomic E-state index is 0.0662. The summed E-state index contributed by atoms with van der Waals surface area (Å²) in [6.45, 7) is 1.34. The third-order valence-electron chi connectivity index (χ3n) is 2.83.